The molecule has 8 nitrogen and oxygen atoms in total. The summed E-state index contributed by atoms with van der Waals surface area (Å²) in [7, 11) is 3.08. The van der Waals surface area contributed by atoms with Crippen LogP contribution in [0.25, 0.3) is 6.08 Å². The molecule has 0 saturated carbocycles. The largest absolute Gasteiger partial charge is 0.493 e. The lowest BCUT2D eigenvalue weighted by Gasteiger charge is -2.26. The van der Waals surface area contributed by atoms with E-state index in [-0.39, 0.29) is 23.8 Å². The van der Waals surface area contributed by atoms with Crippen molar-refractivity contribution in [2.45, 2.75) is 39.8 Å². The zero-order valence-electron chi connectivity index (χ0n) is 22.0. The number of hydrogen-bond donors (Lipinski definition) is 0. The number of halogens is 1. The van der Waals surface area contributed by atoms with Gasteiger partial charge in [-0.1, -0.05) is 39.4 Å². The Morgan fingerprint density at radius 2 is 1.89 bits per heavy atom. The number of thiazole rings is 1. The van der Waals surface area contributed by atoms with Gasteiger partial charge in [-0.3, -0.25) is 9.36 Å². The fourth-order valence-electron chi connectivity index (χ4n) is 4.27. The second-order valence-electron chi connectivity index (χ2n) is 8.77. The Morgan fingerprint density at radius 3 is 2.55 bits per heavy atom. The third kappa shape index (κ3) is 5.42. The lowest BCUT2D eigenvalue weighted by Crippen LogP contribution is -2.40. The quantitative estimate of drug-likeness (QED) is 0.357. The van der Waals surface area contributed by atoms with Gasteiger partial charge in [-0.2, -0.15) is 0 Å². The molecule has 10 heteroatoms. The lowest BCUT2D eigenvalue weighted by molar-refractivity contribution is -0.139. The van der Waals surface area contributed by atoms with Crippen molar-refractivity contribution in [2.75, 3.05) is 20.8 Å². The minimum absolute atomic E-state index is 0.0276. The second kappa shape index (κ2) is 11.6. The van der Waals surface area contributed by atoms with Crippen LogP contribution >= 0.6 is 27.3 Å². The van der Waals surface area contributed by atoms with Gasteiger partial charge in [-0.15, -0.1) is 0 Å². The maximum Gasteiger partial charge on any atom is 0.338 e. The highest BCUT2D eigenvalue weighted by molar-refractivity contribution is 9.10. The molecule has 1 aromatic heterocycles. The molecular formula is C28H29BrN2O6S. The molecule has 38 heavy (non-hydrogen) atoms. The zero-order chi connectivity index (χ0) is 27.6. The molecule has 3 aromatic rings. The van der Waals surface area contributed by atoms with Gasteiger partial charge in [0.05, 0.1) is 48.8 Å². The highest BCUT2D eigenvalue weighted by Gasteiger charge is 2.35. The van der Waals surface area contributed by atoms with E-state index in [1.165, 1.54) is 23.0 Å². The zero-order valence-corrected chi connectivity index (χ0v) is 24.4. The summed E-state index contributed by atoms with van der Waals surface area (Å²) in [5.74, 6) is 1.16. The van der Waals surface area contributed by atoms with Crippen molar-refractivity contribution >= 4 is 39.3 Å². The van der Waals surface area contributed by atoms with Crippen LogP contribution in [0.3, 0.4) is 0 Å². The minimum atomic E-state index is -0.794. The molecule has 0 unspecified atom stereocenters. The van der Waals surface area contributed by atoms with Crippen molar-refractivity contribution in [2.24, 2.45) is 4.99 Å². The fourth-order valence-corrected chi connectivity index (χ4v) is 5.85. The minimum Gasteiger partial charge on any atom is -0.493 e. The Labute approximate surface area is 233 Å². The standard InChI is InChI=1S/C28H29BrN2O6S/c1-7-36-27(33)24-16(4)30-28-31(25(24)19-13-21(34-5)22(35-6)14-20(19)29)26(32)23(38-28)12-17-9-8-10-18(11-17)37-15(2)3/h8-15,25H,7H2,1-6H3/b23-12-/t25-/m0/s1. The van der Waals surface area contributed by atoms with Crippen LogP contribution in [0.2, 0.25) is 0 Å². The van der Waals surface area contributed by atoms with Gasteiger partial charge in [0, 0.05) is 4.47 Å². The Morgan fingerprint density at radius 1 is 1.18 bits per heavy atom. The van der Waals surface area contributed by atoms with Crippen LogP contribution in [0.15, 0.2) is 61.9 Å². The van der Waals surface area contributed by atoms with Gasteiger partial charge in [0.1, 0.15) is 5.75 Å². The van der Waals surface area contributed by atoms with Crippen molar-refractivity contribution in [3.8, 4) is 17.2 Å². The average molecular weight is 602 g/mol. The van der Waals surface area contributed by atoms with E-state index in [4.69, 9.17) is 18.9 Å². The fraction of sp³-hybridized carbons (Fsp3) is 0.321. The third-order valence-electron chi connectivity index (χ3n) is 5.84. The predicted octanol–water partition coefficient (Wildman–Crippen LogP) is 4.37. The number of rotatable bonds is 8. The SMILES string of the molecule is CCOC(=O)C1=C(C)N=c2s/c(=C\c3cccc(OC(C)C)c3)c(=O)n2[C@H]1c1cc(OC)c(OC)cc1Br. The molecule has 1 atom stereocenters. The van der Waals surface area contributed by atoms with Crippen molar-refractivity contribution in [1.82, 2.24) is 4.57 Å². The monoisotopic (exact) mass is 600 g/mol. The molecule has 0 N–H and O–H groups in total. The molecule has 2 aromatic carbocycles. The lowest BCUT2D eigenvalue weighted by atomic mass is 9.95. The van der Waals surface area contributed by atoms with E-state index in [1.807, 2.05) is 38.1 Å². The molecule has 0 radical (unpaired) electrons. The van der Waals surface area contributed by atoms with E-state index in [1.54, 1.807) is 39.2 Å². The molecule has 0 spiro atoms. The van der Waals surface area contributed by atoms with Crippen molar-refractivity contribution in [3.05, 3.63) is 83.0 Å². The number of benzene rings is 2. The molecule has 4 rings (SSSR count). The first-order valence-electron chi connectivity index (χ1n) is 12.1. The van der Waals surface area contributed by atoms with E-state index in [2.05, 4.69) is 20.9 Å². The number of fused-ring (bicyclic) bond motifs is 1. The van der Waals surface area contributed by atoms with Crippen molar-refractivity contribution < 1.29 is 23.7 Å². The number of aromatic nitrogens is 1. The summed E-state index contributed by atoms with van der Waals surface area (Å²) < 4.78 is 24.8. The molecule has 0 amide bonds. The summed E-state index contributed by atoms with van der Waals surface area (Å²) in [6.45, 7) is 7.59. The Kier molecular flexibility index (Phi) is 8.42. The topological polar surface area (TPSA) is 88.4 Å². The van der Waals surface area contributed by atoms with E-state index < -0.39 is 12.0 Å². The molecule has 0 bridgehead atoms. The molecule has 0 aliphatic carbocycles. The van der Waals surface area contributed by atoms with Crippen LogP contribution in [0.5, 0.6) is 17.2 Å². The summed E-state index contributed by atoms with van der Waals surface area (Å²) in [5.41, 5.74) is 1.95. The third-order valence-corrected chi connectivity index (χ3v) is 7.51. The highest BCUT2D eigenvalue weighted by atomic mass is 79.9. The first kappa shape index (κ1) is 27.7. The first-order valence-corrected chi connectivity index (χ1v) is 13.7. The molecular weight excluding hydrogens is 572 g/mol. The number of hydrogen-bond acceptors (Lipinski definition) is 8. The number of nitrogens with zero attached hydrogens (tertiary/aromatic N) is 2. The van der Waals surface area contributed by atoms with Crippen LogP contribution in [0.4, 0.5) is 0 Å². The van der Waals surface area contributed by atoms with Gasteiger partial charge in [0.25, 0.3) is 5.56 Å². The molecule has 200 valence electrons. The van der Waals surface area contributed by atoms with Gasteiger partial charge < -0.3 is 18.9 Å². The average Bonchev–Trinajstić information content (AvgIpc) is 3.17. The molecule has 1 aliphatic heterocycles. The van der Waals surface area contributed by atoms with E-state index in [9.17, 15) is 9.59 Å². The number of allylic oxidation sites excluding steroid dienone is 1. The number of carbonyl (C=O) groups is 1. The van der Waals surface area contributed by atoms with Crippen LogP contribution in [-0.2, 0) is 9.53 Å². The maximum atomic E-state index is 13.9. The van der Waals surface area contributed by atoms with Gasteiger partial charge in [-0.25, -0.2) is 9.79 Å². The predicted molar refractivity (Wildman–Crippen MR) is 150 cm³/mol. The molecule has 0 saturated heterocycles. The Hall–Kier alpha value is -3.37. The van der Waals surface area contributed by atoms with Gasteiger partial charge >= 0.3 is 5.97 Å². The van der Waals surface area contributed by atoms with Gasteiger partial charge in [0.15, 0.2) is 16.3 Å². The van der Waals surface area contributed by atoms with E-state index >= 15 is 0 Å². The van der Waals surface area contributed by atoms with E-state index in [0.29, 0.717) is 42.3 Å². The summed E-state index contributed by atoms with van der Waals surface area (Å²) >= 11 is 4.87. The summed E-state index contributed by atoms with van der Waals surface area (Å²) in [4.78, 5) is 32.2. The van der Waals surface area contributed by atoms with Gasteiger partial charge in [0.2, 0.25) is 0 Å². The summed E-state index contributed by atoms with van der Waals surface area (Å²) in [6.07, 6.45) is 1.83. The van der Waals surface area contributed by atoms with Crippen LogP contribution < -0.4 is 29.1 Å². The maximum absolute atomic E-state index is 13.9. The molecule has 2 heterocycles. The number of ether oxygens (including phenoxy) is 4. The number of methoxy groups -OCH3 is 2. The number of carbonyl (C=O) groups excluding carboxylic acids is 1. The molecule has 0 fully saturated rings. The Balaban J connectivity index is 1.96. The second-order valence-corrected chi connectivity index (χ2v) is 10.6. The normalized spacial score (nSPS) is 15.3. The number of esters is 1. The van der Waals surface area contributed by atoms with Gasteiger partial charge in [-0.05, 0) is 69.2 Å². The van der Waals surface area contributed by atoms with Crippen LogP contribution in [0, 0.1) is 0 Å². The van der Waals surface area contributed by atoms with E-state index in [0.717, 1.165) is 5.56 Å². The van der Waals surface area contributed by atoms with Crippen molar-refractivity contribution in [1.29, 1.82) is 0 Å². The highest BCUT2D eigenvalue weighted by Crippen LogP contribution is 2.40. The smallest absolute Gasteiger partial charge is 0.338 e. The first-order chi connectivity index (χ1) is 18.2. The summed E-state index contributed by atoms with van der Waals surface area (Å²) in [6, 6.07) is 10.3. The summed E-state index contributed by atoms with van der Waals surface area (Å²) in [5, 5.41) is 0. The van der Waals surface area contributed by atoms with Crippen LogP contribution in [0.1, 0.15) is 44.9 Å². The molecule has 1 aliphatic rings. The van der Waals surface area contributed by atoms with Crippen LogP contribution in [-0.4, -0.2) is 37.5 Å². The van der Waals surface area contributed by atoms with Crippen molar-refractivity contribution in [3.63, 3.8) is 0 Å². The Bertz CT molecular complexity index is 1590.